The minimum Gasteiger partial charge on any atom is -0.332 e. The highest BCUT2D eigenvalue weighted by atomic mass is 32.1. The summed E-state index contributed by atoms with van der Waals surface area (Å²) in [7, 11) is 0. The number of para-hydroxylation sites is 1. The minimum atomic E-state index is -0.133. The molecule has 3 aromatic rings. The second-order valence-electron chi connectivity index (χ2n) is 4.97. The standard InChI is InChI=1S/C15H12N2OS2/c18-15-13(19)16-14-12(10-7-4-8-11(10)20-14)17(15)9-5-2-1-3-6-9/h1-3,5-6H,4,7-8H2,(H,16,19). The summed E-state index contributed by atoms with van der Waals surface area (Å²) in [6.07, 6.45) is 3.33. The van der Waals surface area contributed by atoms with Gasteiger partial charge in [0.1, 0.15) is 4.83 Å². The van der Waals surface area contributed by atoms with E-state index in [1.165, 1.54) is 16.9 Å². The van der Waals surface area contributed by atoms with E-state index in [4.69, 9.17) is 12.2 Å². The Morgan fingerprint density at radius 1 is 1.20 bits per heavy atom. The van der Waals surface area contributed by atoms with E-state index < -0.39 is 0 Å². The molecule has 0 atom stereocenters. The van der Waals surface area contributed by atoms with E-state index in [1.807, 2.05) is 30.3 Å². The summed E-state index contributed by atoms with van der Waals surface area (Å²) in [5.74, 6) is 0. The van der Waals surface area contributed by atoms with Crippen LogP contribution in [0.3, 0.4) is 0 Å². The van der Waals surface area contributed by atoms with Crippen LogP contribution in [-0.4, -0.2) is 9.55 Å². The second-order valence-corrected chi connectivity index (χ2v) is 6.48. The third kappa shape index (κ3) is 1.63. The molecule has 0 aliphatic heterocycles. The number of rotatable bonds is 1. The van der Waals surface area contributed by atoms with Gasteiger partial charge in [0.05, 0.1) is 5.52 Å². The van der Waals surface area contributed by atoms with Crippen LogP contribution in [0.15, 0.2) is 35.1 Å². The van der Waals surface area contributed by atoms with Crippen molar-refractivity contribution in [3.8, 4) is 5.69 Å². The van der Waals surface area contributed by atoms with Gasteiger partial charge < -0.3 is 4.98 Å². The van der Waals surface area contributed by atoms with Crippen LogP contribution in [0.25, 0.3) is 16.0 Å². The van der Waals surface area contributed by atoms with Gasteiger partial charge in [-0.05, 0) is 37.0 Å². The highest BCUT2D eigenvalue weighted by molar-refractivity contribution is 7.71. The van der Waals surface area contributed by atoms with E-state index in [0.29, 0.717) is 0 Å². The smallest absolute Gasteiger partial charge is 0.290 e. The summed E-state index contributed by atoms with van der Waals surface area (Å²) in [5, 5.41) is 0. The van der Waals surface area contributed by atoms with Gasteiger partial charge in [0, 0.05) is 10.6 Å². The summed E-state index contributed by atoms with van der Waals surface area (Å²) in [5.41, 5.74) is 3.09. The van der Waals surface area contributed by atoms with E-state index in [1.54, 1.807) is 15.9 Å². The normalized spacial score (nSPS) is 13.8. The lowest BCUT2D eigenvalue weighted by Gasteiger charge is -2.09. The first-order valence-electron chi connectivity index (χ1n) is 6.61. The van der Waals surface area contributed by atoms with Gasteiger partial charge in [-0.25, -0.2) is 0 Å². The van der Waals surface area contributed by atoms with Crippen LogP contribution in [0.1, 0.15) is 16.9 Å². The molecule has 1 aromatic carbocycles. The lowest BCUT2D eigenvalue weighted by molar-refractivity contribution is 0.910. The molecular weight excluding hydrogens is 288 g/mol. The van der Waals surface area contributed by atoms with Crippen molar-refractivity contribution in [2.75, 3.05) is 0 Å². The first-order chi connectivity index (χ1) is 9.75. The maximum Gasteiger partial charge on any atom is 0.290 e. The van der Waals surface area contributed by atoms with E-state index in [2.05, 4.69) is 4.98 Å². The number of nitrogens with one attached hydrogen (secondary N) is 1. The largest absolute Gasteiger partial charge is 0.332 e. The highest BCUT2D eigenvalue weighted by Gasteiger charge is 2.21. The van der Waals surface area contributed by atoms with Crippen molar-refractivity contribution >= 4 is 33.9 Å². The number of aromatic nitrogens is 2. The summed E-state index contributed by atoms with van der Waals surface area (Å²) in [6, 6.07) is 9.75. The van der Waals surface area contributed by atoms with E-state index in [-0.39, 0.29) is 10.2 Å². The topological polar surface area (TPSA) is 37.8 Å². The predicted octanol–water partition coefficient (Wildman–Crippen LogP) is 3.60. The number of aryl methyl sites for hydroxylation is 2. The Kier molecular flexibility index (Phi) is 2.65. The Morgan fingerprint density at radius 2 is 2.00 bits per heavy atom. The number of hydrogen-bond donors (Lipinski definition) is 1. The third-order valence-corrected chi connectivity index (χ3v) is 5.23. The fourth-order valence-electron chi connectivity index (χ4n) is 2.89. The second kappa shape index (κ2) is 4.40. The van der Waals surface area contributed by atoms with Gasteiger partial charge in [0.15, 0.2) is 4.64 Å². The fourth-order valence-corrected chi connectivity index (χ4v) is 4.43. The van der Waals surface area contributed by atoms with Crippen molar-refractivity contribution in [1.29, 1.82) is 0 Å². The van der Waals surface area contributed by atoms with E-state index in [0.717, 1.165) is 28.9 Å². The van der Waals surface area contributed by atoms with Gasteiger partial charge >= 0.3 is 0 Å². The number of aromatic amines is 1. The zero-order valence-corrected chi connectivity index (χ0v) is 12.3. The highest BCUT2D eigenvalue weighted by Crippen LogP contribution is 2.36. The quantitative estimate of drug-likeness (QED) is 0.697. The molecule has 0 saturated heterocycles. The molecule has 20 heavy (non-hydrogen) atoms. The molecule has 5 heteroatoms. The molecule has 0 fully saturated rings. The Morgan fingerprint density at radius 3 is 2.80 bits per heavy atom. The van der Waals surface area contributed by atoms with Crippen molar-refractivity contribution in [3.05, 3.63) is 55.8 Å². The molecular formula is C15H12N2OS2. The van der Waals surface area contributed by atoms with Crippen LogP contribution in [-0.2, 0) is 12.8 Å². The molecule has 0 amide bonds. The monoisotopic (exact) mass is 300 g/mol. The van der Waals surface area contributed by atoms with Crippen LogP contribution in [0.4, 0.5) is 0 Å². The maximum atomic E-state index is 12.5. The van der Waals surface area contributed by atoms with Gasteiger partial charge in [0.2, 0.25) is 0 Å². The Bertz CT molecular complexity index is 919. The molecule has 100 valence electrons. The van der Waals surface area contributed by atoms with E-state index >= 15 is 0 Å². The number of fused-ring (bicyclic) bond motifs is 3. The van der Waals surface area contributed by atoms with E-state index in [9.17, 15) is 4.79 Å². The van der Waals surface area contributed by atoms with Crippen LogP contribution < -0.4 is 5.56 Å². The van der Waals surface area contributed by atoms with Crippen LogP contribution >= 0.6 is 23.6 Å². The first-order valence-corrected chi connectivity index (χ1v) is 7.83. The van der Waals surface area contributed by atoms with Crippen molar-refractivity contribution in [1.82, 2.24) is 9.55 Å². The minimum absolute atomic E-state index is 0.133. The summed E-state index contributed by atoms with van der Waals surface area (Å²) < 4.78 is 2.05. The zero-order chi connectivity index (χ0) is 13.7. The van der Waals surface area contributed by atoms with Gasteiger partial charge in [-0.2, -0.15) is 0 Å². The third-order valence-electron chi connectivity index (χ3n) is 3.76. The van der Waals surface area contributed by atoms with Crippen LogP contribution in [0.2, 0.25) is 0 Å². The van der Waals surface area contributed by atoms with Crippen molar-refractivity contribution in [3.63, 3.8) is 0 Å². The van der Waals surface area contributed by atoms with Crippen LogP contribution in [0, 0.1) is 4.64 Å². The predicted molar refractivity (Wildman–Crippen MR) is 84.6 cm³/mol. The number of thiophene rings is 1. The first kappa shape index (κ1) is 12.1. The molecule has 0 spiro atoms. The summed E-state index contributed by atoms with van der Waals surface area (Å²) >= 11 is 6.93. The summed E-state index contributed by atoms with van der Waals surface area (Å²) in [4.78, 5) is 18.0. The van der Waals surface area contributed by atoms with Crippen molar-refractivity contribution in [2.24, 2.45) is 0 Å². The average Bonchev–Trinajstić information content (AvgIpc) is 3.02. The number of H-pyrrole nitrogens is 1. The lowest BCUT2D eigenvalue weighted by atomic mass is 10.2. The molecule has 2 heterocycles. The van der Waals surface area contributed by atoms with Gasteiger partial charge in [-0.15, -0.1) is 11.3 Å². The molecule has 1 aliphatic carbocycles. The molecule has 2 aromatic heterocycles. The average molecular weight is 300 g/mol. The van der Waals surface area contributed by atoms with Crippen molar-refractivity contribution in [2.45, 2.75) is 19.3 Å². The Labute approximate surface area is 124 Å². The maximum absolute atomic E-state index is 12.5. The molecule has 1 aliphatic rings. The SMILES string of the molecule is O=c1c(=S)[nH]c2sc3c(c2n1-c1ccccc1)CCC3. The molecule has 0 radical (unpaired) electrons. The van der Waals surface area contributed by atoms with Crippen LogP contribution in [0.5, 0.6) is 0 Å². The van der Waals surface area contributed by atoms with Gasteiger partial charge in [-0.3, -0.25) is 9.36 Å². The molecule has 0 unspecified atom stereocenters. The van der Waals surface area contributed by atoms with Gasteiger partial charge in [-0.1, -0.05) is 30.4 Å². The molecule has 0 saturated carbocycles. The molecule has 0 bridgehead atoms. The Balaban J connectivity index is 2.21. The molecule has 1 N–H and O–H groups in total. The fraction of sp³-hybridized carbons (Fsp3) is 0.200. The lowest BCUT2D eigenvalue weighted by Crippen LogP contribution is -2.20. The summed E-state index contributed by atoms with van der Waals surface area (Å²) in [6.45, 7) is 0. The number of benzene rings is 1. The molecule has 3 nitrogen and oxygen atoms in total. The number of hydrogen-bond acceptors (Lipinski definition) is 3. The number of nitrogens with zero attached hydrogens (tertiary/aromatic N) is 1. The zero-order valence-electron chi connectivity index (χ0n) is 10.7. The van der Waals surface area contributed by atoms with Crippen molar-refractivity contribution < 1.29 is 0 Å². The molecule has 4 rings (SSSR count). The Hall–Kier alpha value is -1.72. The van der Waals surface area contributed by atoms with Gasteiger partial charge in [0.25, 0.3) is 5.56 Å².